The van der Waals surface area contributed by atoms with E-state index in [9.17, 15) is 0 Å². The van der Waals surface area contributed by atoms with Gasteiger partial charge in [-0.25, -0.2) is 0 Å². The van der Waals surface area contributed by atoms with Crippen molar-refractivity contribution < 1.29 is 0 Å². The van der Waals surface area contributed by atoms with E-state index in [0.717, 1.165) is 11.8 Å². The highest BCUT2D eigenvalue weighted by atomic mass is 14.9. The van der Waals surface area contributed by atoms with Crippen LogP contribution >= 0.6 is 0 Å². The Hall–Kier alpha value is -0.0400. The van der Waals surface area contributed by atoms with E-state index in [0.29, 0.717) is 0 Å². The molecule has 54 valence electrons. The summed E-state index contributed by atoms with van der Waals surface area (Å²) in [6, 6.07) is 0. The summed E-state index contributed by atoms with van der Waals surface area (Å²) in [6.45, 7) is 6.87. The van der Waals surface area contributed by atoms with Gasteiger partial charge in [-0.05, 0) is 31.3 Å². The Balaban J connectivity index is 0.000000120. The Morgan fingerprint density at radius 1 is 1.22 bits per heavy atom. The first-order valence-electron chi connectivity index (χ1n) is 4.09. The second-order valence-corrected chi connectivity index (χ2v) is 3.12. The van der Waals surface area contributed by atoms with E-state index in [-0.39, 0.29) is 0 Å². The van der Waals surface area contributed by atoms with Crippen molar-refractivity contribution in [3.63, 3.8) is 0 Å². The molecule has 0 spiro atoms. The Morgan fingerprint density at radius 2 is 1.67 bits per heavy atom. The van der Waals surface area contributed by atoms with Crippen LogP contribution in [0.15, 0.2) is 0 Å². The molecule has 1 aliphatic carbocycles. The van der Waals surface area contributed by atoms with Crippen molar-refractivity contribution in [1.29, 1.82) is 0 Å². The van der Waals surface area contributed by atoms with Crippen molar-refractivity contribution in [2.45, 2.75) is 26.7 Å². The van der Waals surface area contributed by atoms with Gasteiger partial charge in [0, 0.05) is 0 Å². The van der Waals surface area contributed by atoms with Gasteiger partial charge in [0.25, 0.3) is 0 Å². The molecule has 2 aliphatic rings. The number of piperidine rings is 1. The lowest BCUT2D eigenvalue weighted by atomic mass is 10.4. The number of rotatable bonds is 0. The van der Waals surface area contributed by atoms with Crippen molar-refractivity contribution in [2.24, 2.45) is 11.8 Å². The number of hydrogen-bond acceptors (Lipinski definition) is 1. The maximum Gasteiger partial charge on any atom is -0.00172 e. The van der Waals surface area contributed by atoms with Crippen molar-refractivity contribution in [3.8, 4) is 0 Å². The molecule has 1 aliphatic heterocycles. The Bertz CT molecular complexity index is 72.6. The first-order valence-corrected chi connectivity index (χ1v) is 4.09. The summed E-state index contributed by atoms with van der Waals surface area (Å²) in [5.41, 5.74) is 0. The van der Waals surface area contributed by atoms with Gasteiger partial charge in [0.2, 0.25) is 0 Å². The average Bonchev–Trinajstić information content (AvgIpc) is 2.43. The normalized spacial score (nSPS) is 36.7. The molecule has 1 N–H and O–H groups in total. The monoisotopic (exact) mass is 127 g/mol. The summed E-state index contributed by atoms with van der Waals surface area (Å²) in [5, 5.41) is 3.32. The van der Waals surface area contributed by atoms with E-state index in [2.05, 4.69) is 19.2 Å². The van der Waals surface area contributed by atoms with Crippen LogP contribution in [0.4, 0.5) is 0 Å². The van der Waals surface area contributed by atoms with Crippen LogP contribution in [0.25, 0.3) is 0 Å². The first kappa shape index (κ1) is 7.07. The number of fused-ring (bicyclic) bond motifs is 1. The van der Waals surface area contributed by atoms with Gasteiger partial charge >= 0.3 is 0 Å². The molecule has 9 heavy (non-hydrogen) atoms. The van der Waals surface area contributed by atoms with Crippen LogP contribution in [-0.4, -0.2) is 13.1 Å². The lowest BCUT2D eigenvalue weighted by Crippen LogP contribution is -2.10. The minimum Gasteiger partial charge on any atom is -0.316 e. The molecule has 2 rings (SSSR count). The van der Waals surface area contributed by atoms with Gasteiger partial charge in [-0.15, -0.1) is 0 Å². The van der Waals surface area contributed by atoms with E-state index in [1.165, 1.54) is 25.9 Å². The summed E-state index contributed by atoms with van der Waals surface area (Å²) in [5.74, 6) is 2.20. The lowest BCUT2D eigenvalue weighted by molar-refractivity contribution is 0.732. The van der Waals surface area contributed by atoms with Crippen LogP contribution in [0.2, 0.25) is 0 Å². The van der Waals surface area contributed by atoms with E-state index < -0.39 is 0 Å². The fraction of sp³-hybridized carbons (Fsp3) is 1.00. The van der Waals surface area contributed by atoms with E-state index >= 15 is 0 Å². The molecule has 1 nitrogen and oxygen atoms in total. The SMILES string of the molecule is C1NCC2CC12.CCC. The highest BCUT2D eigenvalue weighted by Crippen LogP contribution is 2.40. The minimum absolute atomic E-state index is 1.10. The van der Waals surface area contributed by atoms with Crippen LogP contribution in [0.3, 0.4) is 0 Å². The first-order chi connectivity index (χ1) is 4.38. The van der Waals surface area contributed by atoms with E-state index in [1.807, 2.05) is 0 Å². The Kier molecular flexibility index (Phi) is 2.52. The van der Waals surface area contributed by atoms with Gasteiger partial charge in [-0.1, -0.05) is 20.3 Å². The Morgan fingerprint density at radius 3 is 1.78 bits per heavy atom. The standard InChI is InChI=1S/C5H9N.C3H8/c1-4-2-6-3-5(1)4;1-3-2/h4-6H,1-3H2;3H2,1-2H3. The summed E-state index contributed by atoms with van der Waals surface area (Å²) in [6.07, 6.45) is 2.77. The summed E-state index contributed by atoms with van der Waals surface area (Å²) in [4.78, 5) is 0. The van der Waals surface area contributed by atoms with Crippen molar-refractivity contribution in [3.05, 3.63) is 0 Å². The number of hydrogen-bond donors (Lipinski definition) is 1. The van der Waals surface area contributed by atoms with Gasteiger partial charge < -0.3 is 5.32 Å². The van der Waals surface area contributed by atoms with Crippen molar-refractivity contribution >= 4 is 0 Å². The minimum atomic E-state index is 1.10. The van der Waals surface area contributed by atoms with Crippen LogP contribution in [0, 0.1) is 11.8 Å². The van der Waals surface area contributed by atoms with Gasteiger partial charge in [-0.2, -0.15) is 0 Å². The third-order valence-corrected chi connectivity index (χ3v) is 1.88. The maximum atomic E-state index is 3.32. The fourth-order valence-electron chi connectivity index (χ4n) is 1.26. The molecule has 0 aromatic carbocycles. The molecule has 1 saturated heterocycles. The molecule has 0 radical (unpaired) electrons. The van der Waals surface area contributed by atoms with E-state index in [1.54, 1.807) is 0 Å². The third kappa shape index (κ3) is 1.98. The summed E-state index contributed by atoms with van der Waals surface area (Å²) < 4.78 is 0. The molecular formula is C8H17N. The van der Waals surface area contributed by atoms with E-state index in [4.69, 9.17) is 0 Å². The molecule has 2 atom stereocenters. The van der Waals surface area contributed by atoms with Gasteiger partial charge in [0.1, 0.15) is 0 Å². The largest absolute Gasteiger partial charge is 0.316 e. The topological polar surface area (TPSA) is 12.0 Å². The zero-order chi connectivity index (χ0) is 6.69. The third-order valence-electron chi connectivity index (χ3n) is 1.88. The maximum absolute atomic E-state index is 3.32. The Labute approximate surface area is 57.8 Å². The second kappa shape index (κ2) is 3.21. The zero-order valence-corrected chi connectivity index (χ0v) is 6.48. The highest BCUT2D eigenvalue weighted by molar-refractivity contribution is 4.94. The van der Waals surface area contributed by atoms with Crippen LogP contribution in [0.5, 0.6) is 0 Å². The molecule has 1 saturated carbocycles. The lowest BCUT2D eigenvalue weighted by Gasteiger charge is -1.87. The molecular weight excluding hydrogens is 110 g/mol. The van der Waals surface area contributed by atoms with Crippen LogP contribution in [-0.2, 0) is 0 Å². The predicted octanol–water partition coefficient (Wildman–Crippen LogP) is 1.64. The predicted molar refractivity (Wildman–Crippen MR) is 40.4 cm³/mol. The van der Waals surface area contributed by atoms with Gasteiger partial charge in [-0.3, -0.25) is 0 Å². The summed E-state index contributed by atoms with van der Waals surface area (Å²) in [7, 11) is 0. The van der Waals surface area contributed by atoms with Crippen molar-refractivity contribution in [1.82, 2.24) is 5.32 Å². The van der Waals surface area contributed by atoms with Crippen LogP contribution < -0.4 is 5.32 Å². The summed E-state index contributed by atoms with van der Waals surface area (Å²) >= 11 is 0. The highest BCUT2D eigenvalue weighted by Gasteiger charge is 2.40. The quantitative estimate of drug-likeness (QED) is 0.521. The molecule has 0 aromatic heterocycles. The van der Waals surface area contributed by atoms with Crippen molar-refractivity contribution in [2.75, 3.05) is 13.1 Å². The molecule has 2 fully saturated rings. The fourth-order valence-corrected chi connectivity index (χ4v) is 1.26. The smallest absolute Gasteiger partial charge is 0.00172 e. The van der Waals surface area contributed by atoms with Crippen LogP contribution in [0.1, 0.15) is 26.7 Å². The molecule has 0 aromatic rings. The molecule has 0 bridgehead atoms. The molecule has 1 heteroatoms. The molecule has 2 unspecified atom stereocenters. The van der Waals surface area contributed by atoms with Gasteiger partial charge in [0.05, 0.1) is 0 Å². The average molecular weight is 127 g/mol. The zero-order valence-electron chi connectivity index (χ0n) is 6.48. The van der Waals surface area contributed by atoms with Gasteiger partial charge in [0.15, 0.2) is 0 Å². The second-order valence-electron chi connectivity index (χ2n) is 3.12. The molecule has 1 heterocycles. The number of nitrogens with one attached hydrogen (secondary N) is 1. The molecule has 0 amide bonds.